The van der Waals surface area contributed by atoms with Crippen molar-refractivity contribution in [3.8, 4) is 0 Å². The molecule has 3 heteroatoms. The molecule has 1 N–H and O–H groups in total. The first-order valence-electron chi connectivity index (χ1n) is 2.10. The Balaban J connectivity index is 2.97. The van der Waals surface area contributed by atoms with Crippen molar-refractivity contribution in [2.75, 3.05) is 0 Å². The van der Waals surface area contributed by atoms with Gasteiger partial charge in [0, 0.05) is 6.04 Å². The van der Waals surface area contributed by atoms with Gasteiger partial charge >= 0.3 is 0 Å². The topological polar surface area (TPSA) is 37.3 Å². The van der Waals surface area contributed by atoms with Crippen LogP contribution in [-0.4, -0.2) is 20.6 Å². The van der Waals surface area contributed by atoms with Gasteiger partial charge in [-0.3, -0.25) is 4.79 Å². The minimum Gasteiger partial charge on any atom is -0.481 e. The lowest BCUT2D eigenvalue weighted by Gasteiger charge is -1.80. The average molecular weight is 116 g/mol. The van der Waals surface area contributed by atoms with Gasteiger partial charge in [-0.15, -0.1) is 12.3 Å². The van der Waals surface area contributed by atoms with Gasteiger partial charge in [0.2, 0.25) is 0 Å². The number of carboxylic acid groups (broad SMARTS) is 1. The van der Waals surface area contributed by atoms with Gasteiger partial charge in [-0.2, -0.15) is 0 Å². The molecule has 7 heavy (non-hydrogen) atoms. The van der Waals surface area contributed by atoms with Crippen molar-refractivity contribution in [2.24, 2.45) is 0 Å². The van der Waals surface area contributed by atoms with E-state index >= 15 is 0 Å². The Morgan fingerprint density at radius 3 is 2.71 bits per heavy atom. The van der Waals surface area contributed by atoms with Crippen LogP contribution in [0.3, 0.4) is 0 Å². The second kappa shape index (κ2) is 3.61. The van der Waals surface area contributed by atoms with E-state index in [1.807, 2.05) is 0 Å². The van der Waals surface area contributed by atoms with Crippen LogP contribution in [0.25, 0.3) is 0 Å². The highest BCUT2D eigenvalue weighted by atomic mass is 28.2. The summed E-state index contributed by atoms with van der Waals surface area (Å²) in [7, 11) is -0.461. The maximum Gasteiger partial charge on any atom is 0.300 e. The van der Waals surface area contributed by atoms with Gasteiger partial charge in [0.15, 0.2) is 0 Å². The minimum absolute atomic E-state index is 0.337. The Hall–Kier alpha value is -0.573. The predicted molar refractivity (Wildman–Crippen MR) is 31.2 cm³/mol. The summed E-state index contributed by atoms with van der Waals surface area (Å²) in [6.45, 7) is 3.43. The molecular formula is C4H8O2Si. The van der Waals surface area contributed by atoms with Crippen LogP contribution in [0.4, 0.5) is 0 Å². The lowest BCUT2D eigenvalue weighted by Crippen LogP contribution is -1.96. The van der Waals surface area contributed by atoms with Gasteiger partial charge in [0.25, 0.3) is 5.97 Å². The van der Waals surface area contributed by atoms with E-state index in [1.165, 1.54) is 0 Å². The van der Waals surface area contributed by atoms with Crippen molar-refractivity contribution in [1.82, 2.24) is 0 Å². The van der Waals surface area contributed by atoms with E-state index < -0.39 is 15.5 Å². The van der Waals surface area contributed by atoms with Crippen molar-refractivity contribution in [3.05, 3.63) is 12.3 Å². The molecule has 0 aliphatic carbocycles. The van der Waals surface area contributed by atoms with Gasteiger partial charge in [-0.05, 0) is 0 Å². The molecular weight excluding hydrogens is 108 g/mol. The molecule has 0 fully saturated rings. The second-order valence-electron chi connectivity index (χ2n) is 1.22. The van der Waals surface area contributed by atoms with Crippen molar-refractivity contribution in [3.63, 3.8) is 0 Å². The molecule has 0 saturated carbocycles. The molecule has 0 aliphatic heterocycles. The minimum atomic E-state index is -0.702. The van der Waals surface area contributed by atoms with E-state index in [1.54, 1.807) is 5.70 Å². The number of aliphatic carboxylic acids is 1. The zero-order chi connectivity index (χ0) is 5.70. The van der Waals surface area contributed by atoms with E-state index in [4.69, 9.17) is 5.11 Å². The lowest BCUT2D eigenvalue weighted by molar-refractivity contribution is -0.134. The first-order valence-corrected chi connectivity index (χ1v) is 3.91. The largest absolute Gasteiger partial charge is 0.481 e. The predicted octanol–water partition coefficient (Wildman–Crippen LogP) is -0.198. The fourth-order valence-electron chi connectivity index (χ4n) is 0.226. The molecule has 0 rings (SSSR count). The van der Waals surface area contributed by atoms with Gasteiger partial charge < -0.3 is 5.11 Å². The molecule has 0 aromatic rings. The lowest BCUT2D eigenvalue weighted by atomic mass is 10.8. The molecule has 0 bridgehead atoms. The summed E-state index contributed by atoms with van der Waals surface area (Å²) >= 11 is 0. The number of hydrogen-bond donors (Lipinski definition) is 1. The quantitative estimate of drug-likeness (QED) is 0.518. The highest BCUT2D eigenvalue weighted by molar-refractivity contribution is 6.46. The van der Waals surface area contributed by atoms with Crippen LogP contribution < -0.4 is 0 Å². The highest BCUT2D eigenvalue weighted by Crippen LogP contribution is 1.75. The van der Waals surface area contributed by atoms with E-state index in [9.17, 15) is 4.79 Å². The molecule has 0 radical (unpaired) electrons. The third-order valence-electron chi connectivity index (χ3n) is 0.562. The third kappa shape index (κ3) is 5.43. The van der Waals surface area contributed by atoms with Crippen molar-refractivity contribution < 1.29 is 9.90 Å². The number of carbonyl (C=O) groups is 1. The van der Waals surface area contributed by atoms with E-state index in [0.717, 1.165) is 0 Å². The summed E-state index contributed by atoms with van der Waals surface area (Å²) in [6, 6.07) is 0.337. The van der Waals surface area contributed by atoms with Gasteiger partial charge in [-0.25, -0.2) is 0 Å². The molecule has 0 aromatic heterocycles. The summed E-state index contributed by atoms with van der Waals surface area (Å²) in [5, 5.41) is 8.03. The third-order valence-corrected chi connectivity index (χ3v) is 1.69. The molecule has 0 unspecified atom stereocenters. The molecule has 0 spiro atoms. The SMILES string of the molecule is C=C[SiH2]CC(=O)O. The smallest absolute Gasteiger partial charge is 0.300 e. The number of rotatable bonds is 3. The number of carboxylic acids is 1. The summed E-state index contributed by atoms with van der Waals surface area (Å²) in [4.78, 5) is 9.75. The fraction of sp³-hybridized carbons (Fsp3) is 0.250. The zero-order valence-electron chi connectivity index (χ0n) is 4.05. The first kappa shape index (κ1) is 6.43. The molecule has 2 nitrogen and oxygen atoms in total. The van der Waals surface area contributed by atoms with Crippen LogP contribution in [0, 0.1) is 0 Å². The molecule has 0 aromatic carbocycles. The summed E-state index contributed by atoms with van der Waals surface area (Å²) < 4.78 is 0. The maximum atomic E-state index is 9.75. The molecule has 0 heterocycles. The number of hydrogen-bond acceptors (Lipinski definition) is 1. The zero-order valence-corrected chi connectivity index (χ0v) is 5.47. The van der Waals surface area contributed by atoms with E-state index in [2.05, 4.69) is 6.58 Å². The highest BCUT2D eigenvalue weighted by Gasteiger charge is 1.90. The van der Waals surface area contributed by atoms with Crippen LogP contribution in [0.5, 0.6) is 0 Å². The van der Waals surface area contributed by atoms with Gasteiger partial charge in [-0.1, -0.05) is 0 Å². The normalized spacial score (nSPS) is 9.71. The Morgan fingerprint density at radius 1 is 2.00 bits per heavy atom. The van der Waals surface area contributed by atoms with E-state index in [-0.39, 0.29) is 0 Å². The molecule has 0 atom stereocenters. The van der Waals surface area contributed by atoms with Crippen molar-refractivity contribution in [1.29, 1.82) is 0 Å². The molecule has 40 valence electrons. The van der Waals surface area contributed by atoms with Crippen molar-refractivity contribution in [2.45, 2.75) is 6.04 Å². The van der Waals surface area contributed by atoms with Crippen LogP contribution >= 0.6 is 0 Å². The van der Waals surface area contributed by atoms with Crippen LogP contribution in [0.15, 0.2) is 12.3 Å². The Bertz CT molecular complexity index is 79.8. The molecule has 0 aliphatic rings. The summed E-state index contributed by atoms with van der Waals surface area (Å²) in [5.74, 6) is -0.702. The second-order valence-corrected chi connectivity index (χ2v) is 2.88. The summed E-state index contributed by atoms with van der Waals surface area (Å²) in [6.07, 6.45) is 0. The fourth-order valence-corrected chi connectivity index (χ4v) is 0.677. The van der Waals surface area contributed by atoms with E-state index in [0.29, 0.717) is 6.04 Å². The Kier molecular flexibility index (Phi) is 3.32. The van der Waals surface area contributed by atoms with Crippen molar-refractivity contribution >= 4 is 15.5 Å². The standard InChI is InChI=1S/C4H8O2Si/c1-2-7-3-4(5)6/h2H,1,3,7H2,(H,5,6). The molecule has 0 saturated heterocycles. The maximum absolute atomic E-state index is 9.75. The first-order chi connectivity index (χ1) is 3.27. The van der Waals surface area contributed by atoms with Crippen LogP contribution in [0.2, 0.25) is 6.04 Å². The molecule has 0 amide bonds. The van der Waals surface area contributed by atoms with Gasteiger partial charge in [0.05, 0.1) is 9.52 Å². The Labute approximate surface area is 44.7 Å². The monoisotopic (exact) mass is 116 g/mol. The van der Waals surface area contributed by atoms with Crippen LogP contribution in [0.1, 0.15) is 0 Å². The van der Waals surface area contributed by atoms with Gasteiger partial charge in [0.1, 0.15) is 0 Å². The Morgan fingerprint density at radius 2 is 2.57 bits per heavy atom. The average Bonchev–Trinajstić information content (AvgIpc) is 1.61. The van der Waals surface area contributed by atoms with Crippen LogP contribution in [-0.2, 0) is 4.79 Å². The summed E-state index contributed by atoms with van der Waals surface area (Å²) in [5.41, 5.74) is 1.73.